The van der Waals surface area contributed by atoms with Crippen molar-refractivity contribution < 1.29 is 9.53 Å². The molecule has 2 nitrogen and oxygen atoms in total. The average molecular weight is 338 g/mol. The van der Waals surface area contributed by atoms with Crippen LogP contribution in [0.2, 0.25) is 0 Å². The highest BCUT2D eigenvalue weighted by Crippen LogP contribution is 2.14. The molecule has 0 radical (unpaired) electrons. The van der Waals surface area contributed by atoms with Gasteiger partial charge in [-0.15, -0.1) is 0 Å². The van der Waals surface area contributed by atoms with Gasteiger partial charge < -0.3 is 4.74 Å². The summed E-state index contributed by atoms with van der Waals surface area (Å²) in [6.45, 7) is 0. The molecule has 2 aromatic rings. The predicted molar refractivity (Wildman–Crippen MR) is 74.9 cm³/mol. The largest absolute Gasteiger partial charge is 0.426 e. The number of carbonyl (C=O) groups is 1. The number of benzene rings is 2. The van der Waals surface area contributed by atoms with Crippen LogP contribution in [0.4, 0.5) is 0 Å². The fourth-order valence-corrected chi connectivity index (χ4v) is 1.79. The van der Waals surface area contributed by atoms with Gasteiger partial charge >= 0.3 is 5.97 Å². The Morgan fingerprint density at radius 1 is 1.00 bits per heavy atom. The second-order valence-corrected chi connectivity index (χ2v) is 4.84. The van der Waals surface area contributed by atoms with Crippen LogP contribution < -0.4 is 4.74 Å². The SMILES string of the molecule is O=C(Cc1ccccc1)Oc1ccc(I)cc1. The van der Waals surface area contributed by atoms with Gasteiger partial charge in [0.05, 0.1) is 6.42 Å². The zero-order valence-corrected chi connectivity index (χ0v) is 11.3. The molecule has 17 heavy (non-hydrogen) atoms. The Morgan fingerprint density at radius 3 is 2.29 bits per heavy atom. The number of carbonyl (C=O) groups excluding carboxylic acids is 1. The highest BCUT2D eigenvalue weighted by molar-refractivity contribution is 14.1. The van der Waals surface area contributed by atoms with Gasteiger partial charge in [0.2, 0.25) is 0 Å². The van der Waals surface area contributed by atoms with Crippen molar-refractivity contribution in [3.63, 3.8) is 0 Å². The highest BCUT2D eigenvalue weighted by Gasteiger charge is 2.05. The van der Waals surface area contributed by atoms with Gasteiger partial charge in [0.25, 0.3) is 0 Å². The minimum absolute atomic E-state index is 0.239. The van der Waals surface area contributed by atoms with Crippen LogP contribution in [0.15, 0.2) is 54.6 Å². The lowest BCUT2D eigenvalue weighted by atomic mass is 10.2. The third-order valence-corrected chi connectivity index (χ3v) is 2.96. The van der Waals surface area contributed by atoms with Gasteiger partial charge in [0, 0.05) is 3.57 Å². The number of esters is 1. The molecular weight excluding hydrogens is 327 g/mol. The van der Waals surface area contributed by atoms with Crippen molar-refractivity contribution in [1.29, 1.82) is 0 Å². The maximum atomic E-state index is 11.6. The molecule has 0 fully saturated rings. The van der Waals surface area contributed by atoms with Crippen LogP contribution in [0, 0.1) is 3.57 Å². The van der Waals surface area contributed by atoms with E-state index in [0.29, 0.717) is 12.2 Å². The van der Waals surface area contributed by atoms with Crippen LogP contribution in [0.5, 0.6) is 5.75 Å². The standard InChI is InChI=1S/C14H11IO2/c15-12-6-8-13(9-7-12)17-14(16)10-11-4-2-1-3-5-11/h1-9H,10H2. The fourth-order valence-electron chi connectivity index (χ4n) is 1.43. The summed E-state index contributed by atoms with van der Waals surface area (Å²) < 4.78 is 6.35. The van der Waals surface area contributed by atoms with E-state index in [1.54, 1.807) is 12.1 Å². The summed E-state index contributed by atoms with van der Waals surface area (Å²) >= 11 is 2.21. The zero-order valence-electron chi connectivity index (χ0n) is 9.10. The molecule has 0 aliphatic carbocycles. The molecule has 0 N–H and O–H groups in total. The maximum Gasteiger partial charge on any atom is 0.315 e. The molecule has 0 saturated heterocycles. The van der Waals surface area contributed by atoms with Crippen molar-refractivity contribution in [1.82, 2.24) is 0 Å². The Kier molecular flexibility index (Phi) is 4.14. The molecule has 0 unspecified atom stereocenters. The lowest BCUT2D eigenvalue weighted by molar-refractivity contribution is -0.133. The third kappa shape index (κ3) is 3.85. The van der Waals surface area contributed by atoms with Crippen molar-refractivity contribution in [3.8, 4) is 5.75 Å². The van der Waals surface area contributed by atoms with Gasteiger partial charge in [0.15, 0.2) is 0 Å². The highest BCUT2D eigenvalue weighted by atomic mass is 127. The van der Waals surface area contributed by atoms with Gasteiger partial charge in [-0.05, 0) is 52.4 Å². The molecule has 0 atom stereocenters. The van der Waals surface area contributed by atoms with Crippen LogP contribution in [0.1, 0.15) is 5.56 Å². The molecule has 3 heteroatoms. The van der Waals surface area contributed by atoms with E-state index in [1.165, 1.54) is 0 Å². The Hall–Kier alpha value is -1.36. The molecular formula is C14H11IO2. The Bertz CT molecular complexity index is 491. The van der Waals surface area contributed by atoms with Gasteiger partial charge in [0.1, 0.15) is 5.75 Å². The zero-order chi connectivity index (χ0) is 12.1. The average Bonchev–Trinajstić information content (AvgIpc) is 2.33. The number of hydrogen-bond acceptors (Lipinski definition) is 2. The third-order valence-electron chi connectivity index (χ3n) is 2.24. The summed E-state index contributed by atoms with van der Waals surface area (Å²) in [6.07, 6.45) is 0.298. The number of halogens is 1. The Labute approximate surface area is 114 Å². The Balaban J connectivity index is 1.96. The first kappa shape index (κ1) is 12.1. The van der Waals surface area contributed by atoms with Gasteiger partial charge in [-0.3, -0.25) is 4.79 Å². The van der Waals surface area contributed by atoms with Gasteiger partial charge in [-0.25, -0.2) is 0 Å². The molecule has 2 aromatic carbocycles. The number of rotatable bonds is 3. The van der Waals surface area contributed by atoms with Crippen LogP contribution >= 0.6 is 22.6 Å². The van der Waals surface area contributed by atoms with Crippen molar-refractivity contribution in [3.05, 3.63) is 63.7 Å². The van der Waals surface area contributed by atoms with E-state index in [1.807, 2.05) is 42.5 Å². The summed E-state index contributed by atoms with van der Waals surface area (Å²) in [5.41, 5.74) is 0.961. The molecule has 2 rings (SSSR count). The predicted octanol–water partition coefficient (Wildman–Crippen LogP) is 3.44. The second-order valence-electron chi connectivity index (χ2n) is 3.59. The molecule has 0 aliphatic heterocycles. The van der Waals surface area contributed by atoms with E-state index < -0.39 is 0 Å². The minimum atomic E-state index is -0.239. The van der Waals surface area contributed by atoms with Crippen molar-refractivity contribution in [2.24, 2.45) is 0 Å². The molecule has 0 aromatic heterocycles. The molecule has 0 heterocycles. The summed E-state index contributed by atoms with van der Waals surface area (Å²) in [6, 6.07) is 17.0. The smallest absolute Gasteiger partial charge is 0.315 e. The van der Waals surface area contributed by atoms with Gasteiger partial charge in [-0.1, -0.05) is 30.3 Å². The van der Waals surface area contributed by atoms with Crippen molar-refractivity contribution in [2.45, 2.75) is 6.42 Å². The minimum Gasteiger partial charge on any atom is -0.426 e. The summed E-state index contributed by atoms with van der Waals surface area (Å²) in [5, 5.41) is 0. The molecule has 0 amide bonds. The lowest BCUT2D eigenvalue weighted by Crippen LogP contribution is -2.11. The van der Waals surface area contributed by atoms with Gasteiger partial charge in [-0.2, -0.15) is 0 Å². The van der Waals surface area contributed by atoms with E-state index in [2.05, 4.69) is 22.6 Å². The van der Waals surface area contributed by atoms with Crippen LogP contribution in [-0.4, -0.2) is 5.97 Å². The van der Waals surface area contributed by atoms with E-state index in [9.17, 15) is 4.79 Å². The molecule has 0 aliphatic rings. The van der Waals surface area contributed by atoms with Crippen molar-refractivity contribution >= 4 is 28.6 Å². The first-order valence-electron chi connectivity index (χ1n) is 5.24. The molecule has 0 spiro atoms. The van der Waals surface area contributed by atoms with E-state index in [-0.39, 0.29) is 5.97 Å². The summed E-state index contributed by atoms with van der Waals surface area (Å²) in [7, 11) is 0. The monoisotopic (exact) mass is 338 g/mol. The first-order chi connectivity index (χ1) is 8.24. The molecule has 0 bridgehead atoms. The first-order valence-corrected chi connectivity index (χ1v) is 6.32. The van der Waals surface area contributed by atoms with Crippen LogP contribution in [-0.2, 0) is 11.2 Å². The Morgan fingerprint density at radius 2 is 1.65 bits per heavy atom. The topological polar surface area (TPSA) is 26.3 Å². The molecule has 86 valence electrons. The van der Waals surface area contributed by atoms with E-state index in [4.69, 9.17) is 4.74 Å². The molecule has 0 saturated carbocycles. The lowest BCUT2D eigenvalue weighted by Gasteiger charge is -2.04. The summed E-state index contributed by atoms with van der Waals surface area (Å²) in [5.74, 6) is 0.351. The van der Waals surface area contributed by atoms with E-state index >= 15 is 0 Å². The van der Waals surface area contributed by atoms with Crippen LogP contribution in [0.3, 0.4) is 0 Å². The normalized spacial score (nSPS) is 9.94. The maximum absolute atomic E-state index is 11.6. The van der Waals surface area contributed by atoms with E-state index in [0.717, 1.165) is 9.13 Å². The number of ether oxygens (including phenoxy) is 1. The second kappa shape index (κ2) is 5.82. The van der Waals surface area contributed by atoms with Crippen LogP contribution in [0.25, 0.3) is 0 Å². The fraction of sp³-hybridized carbons (Fsp3) is 0.0714. The van der Waals surface area contributed by atoms with Crippen molar-refractivity contribution in [2.75, 3.05) is 0 Å². The quantitative estimate of drug-likeness (QED) is 0.487. The number of hydrogen-bond donors (Lipinski definition) is 0. The summed E-state index contributed by atoms with van der Waals surface area (Å²) in [4.78, 5) is 11.6.